The van der Waals surface area contributed by atoms with Gasteiger partial charge < -0.3 is 10.1 Å². The molecule has 0 aliphatic heterocycles. The molecule has 1 atom stereocenters. The van der Waals surface area contributed by atoms with Crippen LogP contribution in [0.2, 0.25) is 0 Å². The van der Waals surface area contributed by atoms with Crippen molar-refractivity contribution in [1.29, 1.82) is 0 Å². The number of benzene rings is 1. The van der Waals surface area contributed by atoms with Crippen LogP contribution in [0.5, 0.6) is 5.75 Å². The van der Waals surface area contributed by atoms with E-state index in [0.717, 1.165) is 24.5 Å². The van der Waals surface area contributed by atoms with Crippen LogP contribution in [0.1, 0.15) is 31.1 Å². The molecule has 2 aromatic rings. The van der Waals surface area contributed by atoms with Gasteiger partial charge in [-0.2, -0.15) is 5.10 Å². The molecule has 0 saturated carbocycles. The summed E-state index contributed by atoms with van der Waals surface area (Å²) >= 11 is 1.76. The summed E-state index contributed by atoms with van der Waals surface area (Å²) in [5.41, 5.74) is 2.35. The number of nitrogens with zero attached hydrogens (tertiary/aromatic N) is 2. The van der Waals surface area contributed by atoms with Crippen molar-refractivity contribution in [2.75, 3.05) is 19.9 Å². The van der Waals surface area contributed by atoms with Gasteiger partial charge in [-0.3, -0.25) is 4.68 Å². The van der Waals surface area contributed by atoms with Crippen LogP contribution in [0.4, 0.5) is 0 Å². The standard InChI is InChI=1S/C16H23N3OS/c1-5-17-15(12-9-7-8-10-14(12)21-4)16-13(20-3)11-18-19(16)6-2/h7-11,15,17H,5-6H2,1-4H3. The average Bonchev–Trinajstić information content (AvgIpc) is 2.95. The van der Waals surface area contributed by atoms with Crippen LogP contribution in [0.25, 0.3) is 0 Å². The SMILES string of the molecule is CCNC(c1ccccc1SC)c1c(OC)cnn1CC. The molecular formula is C16H23N3OS. The van der Waals surface area contributed by atoms with Crippen LogP contribution < -0.4 is 10.1 Å². The lowest BCUT2D eigenvalue weighted by Gasteiger charge is -2.22. The molecule has 5 heteroatoms. The van der Waals surface area contributed by atoms with Gasteiger partial charge in [0.05, 0.1) is 19.3 Å². The van der Waals surface area contributed by atoms with E-state index in [2.05, 4.69) is 54.8 Å². The van der Waals surface area contributed by atoms with Gasteiger partial charge in [0.25, 0.3) is 0 Å². The number of aryl methyl sites for hydroxylation is 1. The van der Waals surface area contributed by atoms with Gasteiger partial charge in [-0.15, -0.1) is 11.8 Å². The van der Waals surface area contributed by atoms with Crippen molar-refractivity contribution in [2.24, 2.45) is 0 Å². The summed E-state index contributed by atoms with van der Waals surface area (Å²) in [6, 6.07) is 8.57. The number of methoxy groups -OCH3 is 1. The molecule has 21 heavy (non-hydrogen) atoms. The van der Waals surface area contributed by atoms with E-state index < -0.39 is 0 Å². The number of hydrogen-bond donors (Lipinski definition) is 1. The number of ether oxygens (including phenoxy) is 1. The maximum Gasteiger partial charge on any atom is 0.161 e. The number of thioether (sulfide) groups is 1. The van der Waals surface area contributed by atoms with Crippen LogP contribution in [-0.4, -0.2) is 29.7 Å². The first kappa shape index (κ1) is 15.9. The van der Waals surface area contributed by atoms with Gasteiger partial charge in [0.15, 0.2) is 5.75 Å². The van der Waals surface area contributed by atoms with Gasteiger partial charge in [-0.1, -0.05) is 25.1 Å². The normalized spacial score (nSPS) is 12.4. The molecule has 0 aliphatic carbocycles. The fraction of sp³-hybridized carbons (Fsp3) is 0.438. The third-order valence-corrected chi connectivity index (χ3v) is 4.31. The van der Waals surface area contributed by atoms with Crippen LogP contribution in [0.15, 0.2) is 35.4 Å². The molecule has 1 N–H and O–H groups in total. The first-order valence-electron chi connectivity index (χ1n) is 7.22. The Kier molecular flexibility index (Phi) is 5.70. The molecule has 1 heterocycles. The first-order valence-corrected chi connectivity index (χ1v) is 8.45. The van der Waals surface area contributed by atoms with Crippen molar-refractivity contribution in [3.8, 4) is 5.75 Å². The van der Waals surface area contributed by atoms with Crippen molar-refractivity contribution in [2.45, 2.75) is 31.3 Å². The molecule has 2 rings (SSSR count). The van der Waals surface area contributed by atoms with E-state index >= 15 is 0 Å². The predicted molar refractivity (Wildman–Crippen MR) is 88.2 cm³/mol. The zero-order chi connectivity index (χ0) is 15.2. The summed E-state index contributed by atoms with van der Waals surface area (Å²) in [6.07, 6.45) is 3.90. The molecule has 0 saturated heterocycles. The van der Waals surface area contributed by atoms with Gasteiger partial charge in [-0.25, -0.2) is 0 Å². The second kappa shape index (κ2) is 7.52. The Bertz CT molecular complexity index is 561. The average molecular weight is 305 g/mol. The quantitative estimate of drug-likeness (QED) is 0.796. The molecule has 4 nitrogen and oxygen atoms in total. The highest BCUT2D eigenvalue weighted by molar-refractivity contribution is 7.98. The lowest BCUT2D eigenvalue weighted by atomic mass is 10.0. The molecule has 0 aliphatic rings. The molecule has 114 valence electrons. The second-order valence-electron chi connectivity index (χ2n) is 4.65. The number of nitrogens with one attached hydrogen (secondary N) is 1. The number of hydrogen-bond acceptors (Lipinski definition) is 4. The van der Waals surface area contributed by atoms with E-state index in [1.165, 1.54) is 10.5 Å². The van der Waals surface area contributed by atoms with E-state index in [0.29, 0.717) is 0 Å². The summed E-state index contributed by atoms with van der Waals surface area (Å²) in [6.45, 7) is 5.92. The Labute approximate surface area is 130 Å². The zero-order valence-corrected chi connectivity index (χ0v) is 13.9. The van der Waals surface area contributed by atoms with Gasteiger partial charge >= 0.3 is 0 Å². The highest BCUT2D eigenvalue weighted by atomic mass is 32.2. The first-order chi connectivity index (χ1) is 10.3. The van der Waals surface area contributed by atoms with E-state index in [4.69, 9.17) is 4.74 Å². The highest BCUT2D eigenvalue weighted by Gasteiger charge is 2.24. The maximum absolute atomic E-state index is 5.52. The molecule has 1 aromatic carbocycles. The Morgan fingerprint density at radius 2 is 2.10 bits per heavy atom. The monoisotopic (exact) mass is 305 g/mol. The molecule has 0 radical (unpaired) electrons. The van der Waals surface area contributed by atoms with Gasteiger partial charge in [0, 0.05) is 11.4 Å². The number of aromatic nitrogens is 2. The van der Waals surface area contributed by atoms with Gasteiger partial charge in [0.2, 0.25) is 0 Å². The van der Waals surface area contributed by atoms with Crippen LogP contribution >= 0.6 is 11.8 Å². The molecule has 0 spiro atoms. The lowest BCUT2D eigenvalue weighted by Crippen LogP contribution is -2.25. The summed E-state index contributed by atoms with van der Waals surface area (Å²) in [4.78, 5) is 1.27. The topological polar surface area (TPSA) is 39.1 Å². The van der Waals surface area contributed by atoms with E-state index in [-0.39, 0.29) is 6.04 Å². The van der Waals surface area contributed by atoms with Crippen molar-refractivity contribution in [3.63, 3.8) is 0 Å². The summed E-state index contributed by atoms with van der Waals surface area (Å²) < 4.78 is 7.52. The fourth-order valence-corrected chi connectivity index (χ4v) is 3.18. The van der Waals surface area contributed by atoms with Crippen LogP contribution in [0, 0.1) is 0 Å². The second-order valence-corrected chi connectivity index (χ2v) is 5.49. The molecule has 0 fully saturated rings. The Morgan fingerprint density at radius 3 is 2.71 bits per heavy atom. The lowest BCUT2D eigenvalue weighted by molar-refractivity contribution is 0.399. The van der Waals surface area contributed by atoms with Crippen LogP contribution in [0.3, 0.4) is 0 Å². The third kappa shape index (κ3) is 3.24. The Balaban J connectivity index is 2.55. The predicted octanol–water partition coefficient (Wildman–Crippen LogP) is 3.33. The highest BCUT2D eigenvalue weighted by Crippen LogP contribution is 2.34. The van der Waals surface area contributed by atoms with Crippen molar-refractivity contribution in [3.05, 3.63) is 41.7 Å². The summed E-state index contributed by atoms with van der Waals surface area (Å²) in [5, 5.41) is 8.01. The zero-order valence-electron chi connectivity index (χ0n) is 13.1. The van der Waals surface area contributed by atoms with Crippen molar-refractivity contribution in [1.82, 2.24) is 15.1 Å². The van der Waals surface area contributed by atoms with Crippen molar-refractivity contribution < 1.29 is 4.74 Å². The molecule has 0 amide bonds. The Morgan fingerprint density at radius 1 is 1.33 bits per heavy atom. The largest absolute Gasteiger partial charge is 0.493 e. The minimum absolute atomic E-state index is 0.0797. The van der Waals surface area contributed by atoms with Gasteiger partial charge in [0.1, 0.15) is 5.69 Å². The minimum Gasteiger partial charge on any atom is -0.493 e. The molecule has 1 aromatic heterocycles. The molecule has 0 bridgehead atoms. The molecule has 1 unspecified atom stereocenters. The third-order valence-electron chi connectivity index (χ3n) is 3.50. The minimum atomic E-state index is 0.0797. The van der Waals surface area contributed by atoms with Crippen LogP contribution in [-0.2, 0) is 6.54 Å². The maximum atomic E-state index is 5.52. The fourth-order valence-electron chi connectivity index (χ4n) is 2.54. The van der Waals surface area contributed by atoms with Crippen molar-refractivity contribution >= 4 is 11.8 Å². The van der Waals surface area contributed by atoms with E-state index in [1.54, 1.807) is 25.1 Å². The van der Waals surface area contributed by atoms with Gasteiger partial charge in [-0.05, 0) is 31.4 Å². The smallest absolute Gasteiger partial charge is 0.161 e. The van der Waals surface area contributed by atoms with E-state index in [1.807, 2.05) is 4.68 Å². The summed E-state index contributed by atoms with van der Waals surface area (Å²) in [7, 11) is 1.70. The Hall–Kier alpha value is -1.46. The number of rotatable bonds is 7. The molecular weight excluding hydrogens is 282 g/mol. The summed E-state index contributed by atoms with van der Waals surface area (Å²) in [5.74, 6) is 0.832. The van der Waals surface area contributed by atoms with E-state index in [9.17, 15) is 0 Å².